The molecule has 4 N–H and O–H groups in total. The predicted molar refractivity (Wildman–Crippen MR) is 132 cm³/mol. The lowest BCUT2D eigenvalue weighted by atomic mass is 10.2. The summed E-state index contributed by atoms with van der Waals surface area (Å²) in [5, 5.41) is 6.36. The molecule has 0 saturated heterocycles. The molecule has 1 heterocycles. The van der Waals surface area contributed by atoms with E-state index in [0.717, 1.165) is 22.9 Å². The molecule has 0 fully saturated rings. The molecule has 3 aromatic rings. The van der Waals surface area contributed by atoms with E-state index in [1.54, 1.807) is 24.3 Å². The van der Waals surface area contributed by atoms with Gasteiger partial charge in [0.2, 0.25) is 5.91 Å². The summed E-state index contributed by atoms with van der Waals surface area (Å²) >= 11 is 12.6. The minimum atomic E-state index is -0.467. The van der Waals surface area contributed by atoms with Gasteiger partial charge < -0.3 is 5.32 Å². The molecule has 0 aliphatic rings. The Labute approximate surface area is 199 Å². The number of hydrogen-bond acceptors (Lipinski definition) is 5. The number of carbonyl (C=O) groups is 3. The molecule has 0 atom stereocenters. The molecular formula is C22H21ClN4O3S2. The van der Waals surface area contributed by atoms with Crippen molar-refractivity contribution in [1.82, 2.24) is 16.2 Å². The number of halogens is 1. The first kappa shape index (κ1) is 23.6. The molecule has 3 rings (SSSR count). The number of hydrazine groups is 1. The van der Waals surface area contributed by atoms with E-state index in [4.69, 9.17) is 23.8 Å². The van der Waals surface area contributed by atoms with E-state index in [0.29, 0.717) is 27.6 Å². The lowest BCUT2D eigenvalue weighted by Gasteiger charge is -2.11. The number of anilines is 1. The number of benzene rings is 2. The van der Waals surface area contributed by atoms with Gasteiger partial charge in [-0.05, 0) is 49.0 Å². The van der Waals surface area contributed by atoms with E-state index >= 15 is 0 Å². The van der Waals surface area contributed by atoms with E-state index in [1.165, 1.54) is 11.3 Å². The first-order valence-corrected chi connectivity index (χ1v) is 11.5. The number of fused-ring (bicyclic) bond motifs is 1. The molecule has 32 heavy (non-hydrogen) atoms. The molecule has 0 saturated carbocycles. The number of carbonyl (C=O) groups excluding carboxylic acids is 3. The number of rotatable bonds is 6. The Hall–Kier alpha value is -3.01. The van der Waals surface area contributed by atoms with Gasteiger partial charge in [-0.25, -0.2) is 0 Å². The maximum atomic E-state index is 12.5. The zero-order valence-electron chi connectivity index (χ0n) is 17.2. The molecule has 2 aromatic carbocycles. The van der Waals surface area contributed by atoms with Gasteiger partial charge in [-0.3, -0.25) is 30.6 Å². The van der Waals surface area contributed by atoms with Gasteiger partial charge in [0.25, 0.3) is 11.8 Å². The van der Waals surface area contributed by atoms with Crippen molar-refractivity contribution in [1.29, 1.82) is 0 Å². The zero-order valence-corrected chi connectivity index (χ0v) is 19.5. The number of thiophene rings is 1. The SMILES string of the molecule is CCCCC(=O)Nc1ccc(C(=O)NNC(=S)NC(=O)c2sc3ccccc3c2Cl)cc1. The molecular weight excluding hydrogens is 468 g/mol. The summed E-state index contributed by atoms with van der Waals surface area (Å²) in [7, 11) is 0. The van der Waals surface area contributed by atoms with Crippen LogP contribution in [0.3, 0.4) is 0 Å². The van der Waals surface area contributed by atoms with Crippen LogP contribution in [0.4, 0.5) is 5.69 Å². The van der Waals surface area contributed by atoms with Gasteiger partial charge in [0.05, 0.1) is 5.02 Å². The maximum absolute atomic E-state index is 12.5. The highest BCUT2D eigenvalue weighted by Gasteiger charge is 2.18. The number of thiocarbonyl (C=S) groups is 1. The molecule has 1 aromatic heterocycles. The third-order valence-electron chi connectivity index (χ3n) is 4.45. The van der Waals surface area contributed by atoms with Crippen molar-refractivity contribution in [3.8, 4) is 0 Å². The summed E-state index contributed by atoms with van der Waals surface area (Å²) < 4.78 is 0.889. The monoisotopic (exact) mass is 488 g/mol. The summed E-state index contributed by atoms with van der Waals surface area (Å²) in [6.07, 6.45) is 2.22. The van der Waals surface area contributed by atoms with E-state index in [1.807, 2.05) is 31.2 Å². The largest absolute Gasteiger partial charge is 0.326 e. The molecule has 0 radical (unpaired) electrons. The Bertz CT molecular complexity index is 1160. The Morgan fingerprint density at radius 1 is 1.00 bits per heavy atom. The van der Waals surface area contributed by atoms with Crippen molar-refractivity contribution in [3.05, 3.63) is 64.0 Å². The summed E-state index contributed by atoms with van der Waals surface area (Å²) in [4.78, 5) is 36.9. The van der Waals surface area contributed by atoms with Gasteiger partial charge in [-0.15, -0.1) is 11.3 Å². The molecule has 3 amide bonds. The minimum absolute atomic E-state index is 0.0643. The summed E-state index contributed by atoms with van der Waals surface area (Å²) in [6, 6.07) is 13.9. The fraction of sp³-hybridized carbons (Fsp3) is 0.182. The number of nitrogens with one attached hydrogen (secondary N) is 4. The first-order chi connectivity index (χ1) is 15.4. The highest BCUT2D eigenvalue weighted by Crippen LogP contribution is 2.34. The second kappa shape index (κ2) is 11.0. The fourth-order valence-electron chi connectivity index (χ4n) is 2.80. The average molecular weight is 489 g/mol. The molecule has 0 aliphatic carbocycles. The third kappa shape index (κ3) is 6.03. The van der Waals surface area contributed by atoms with Crippen LogP contribution in [0.15, 0.2) is 48.5 Å². The lowest BCUT2D eigenvalue weighted by Crippen LogP contribution is -2.48. The van der Waals surface area contributed by atoms with E-state index < -0.39 is 11.8 Å². The highest BCUT2D eigenvalue weighted by atomic mass is 35.5. The van der Waals surface area contributed by atoms with Crippen LogP contribution in [0.25, 0.3) is 10.1 Å². The van der Waals surface area contributed by atoms with Crippen molar-refractivity contribution in [2.45, 2.75) is 26.2 Å². The zero-order chi connectivity index (χ0) is 23.1. The average Bonchev–Trinajstić information content (AvgIpc) is 3.13. The van der Waals surface area contributed by atoms with Crippen LogP contribution in [-0.4, -0.2) is 22.8 Å². The third-order valence-corrected chi connectivity index (χ3v) is 6.32. The van der Waals surface area contributed by atoms with Gasteiger partial charge in [0, 0.05) is 27.8 Å². The molecule has 0 bridgehead atoms. The highest BCUT2D eigenvalue weighted by molar-refractivity contribution is 7.80. The second-order valence-electron chi connectivity index (χ2n) is 6.83. The molecule has 0 aliphatic heterocycles. The molecule has 0 spiro atoms. The van der Waals surface area contributed by atoms with E-state index in [9.17, 15) is 14.4 Å². The van der Waals surface area contributed by atoms with Gasteiger partial charge in [-0.2, -0.15) is 0 Å². The molecule has 0 unspecified atom stereocenters. The normalized spacial score (nSPS) is 10.4. The lowest BCUT2D eigenvalue weighted by molar-refractivity contribution is -0.116. The van der Waals surface area contributed by atoms with Crippen molar-refractivity contribution in [2.75, 3.05) is 5.32 Å². The van der Waals surface area contributed by atoms with Crippen LogP contribution in [0.2, 0.25) is 5.02 Å². The van der Waals surface area contributed by atoms with Crippen LogP contribution in [0, 0.1) is 0 Å². The van der Waals surface area contributed by atoms with Crippen LogP contribution < -0.4 is 21.5 Å². The molecule has 166 valence electrons. The Morgan fingerprint density at radius 3 is 2.41 bits per heavy atom. The summed E-state index contributed by atoms with van der Waals surface area (Å²) in [5.74, 6) is -0.984. The Balaban J connectivity index is 1.50. The smallest absolute Gasteiger partial charge is 0.269 e. The van der Waals surface area contributed by atoms with Gasteiger partial charge >= 0.3 is 0 Å². The van der Waals surface area contributed by atoms with Gasteiger partial charge in [0.1, 0.15) is 4.88 Å². The van der Waals surface area contributed by atoms with Crippen molar-refractivity contribution >= 4 is 73.8 Å². The van der Waals surface area contributed by atoms with Crippen LogP contribution in [0.5, 0.6) is 0 Å². The molecule has 7 nitrogen and oxygen atoms in total. The fourth-order valence-corrected chi connectivity index (χ4v) is 4.36. The van der Waals surface area contributed by atoms with Crippen molar-refractivity contribution in [2.24, 2.45) is 0 Å². The second-order valence-corrected chi connectivity index (χ2v) is 8.67. The Morgan fingerprint density at radius 2 is 1.72 bits per heavy atom. The van der Waals surface area contributed by atoms with E-state index in [2.05, 4.69) is 21.5 Å². The maximum Gasteiger partial charge on any atom is 0.269 e. The van der Waals surface area contributed by atoms with Crippen LogP contribution >= 0.6 is 35.2 Å². The van der Waals surface area contributed by atoms with Gasteiger partial charge in [0.15, 0.2) is 5.11 Å². The molecule has 10 heteroatoms. The predicted octanol–water partition coefficient (Wildman–Crippen LogP) is 4.63. The topological polar surface area (TPSA) is 99.3 Å². The number of unbranched alkanes of at least 4 members (excludes halogenated alkanes) is 1. The minimum Gasteiger partial charge on any atom is -0.326 e. The quantitative estimate of drug-likeness (QED) is 0.299. The standard InChI is InChI=1S/C22H21ClN4O3S2/c1-2-3-8-17(28)24-14-11-9-13(10-12-14)20(29)26-27-22(31)25-21(30)19-18(23)15-6-4-5-7-16(15)32-19/h4-7,9-12H,2-3,8H2,1H3,(H,24,28)(H,26,29)(H2,25,27,30,31). The number of amides is 3. The van der Waals surface area contributed by atoms with E-state index in [-0.39, 0.29) is 11.0 Å². The van der Waals surface area contributed by atoms with Crippen molar-refractivity contribution in [3.63, 3.8) is 0 Å². The van der Waals surface area contributed by atoms with Crippen molar-refractivity contribution < 1.29 is 14.4 Å². The summed E-state index contributed by atoms with van der Waals surface area (Å²) in [5.41, 5.74) is 5.88. The Kier molecular flexibility index (Phi) is 8.15. The van der Waals surface area contributed by atoms with Gasteiger partial charge in [-0.1, -0.05) is 43.1 Å². The summed E-state index contributed by atoms with van der Waals surface area (Å²) in [6.45, 7) is 2.02. The number of hydrogen-bond donors (Lipinski definition) is 4. The van der Waals surface area contributed by atoms with Crippen LogP contribution in [0.1, 0.15) is 46.2 Å². The van der Waals surface area contributed by atoms with Crippen LogP contribution in [-0.2, 0) is 4.79 Å². The first-order valence-electron chi connectivity index (χ1n) is 9.87.